The van der Waals surface area contributed by atoms with Crippen molar-refractivity contribution in [2.24, 2.45) is 0 Å². The zero-order chi connectivity index (χ0) is 11.7. The third kappa shape index (κ3) is 2.37. The molecule has 1 saturated heterocycles. The van der Waals surface area contributed by atoms with Crippen molar-refractivity contribution in [3.05, 3.63) is 35.9 Å². The first-order valence-electron chi connectivity index (χ1n) is 6.40. The van der Waals surface area contributed by atoms with Crippen LogP contribution in [0.15, 0.2) is 30.3 Å². The molecule has 1 aliphatic heterocycles. The lowest BCUT2D eigenvalue weighted by molar-refractivity contribution is -0.0592. The van der Waals surface area contributed by atoms with Gasteiger partial charge in [-0.25, -0.2) is 0 Å². The number of rotatable bonds is 2. The summed E-state index contributed by atoms with van der Waals surface area (Å²) in [6, 6.07) is 10.9. The Morgan fingerprint density at radius 3 is 2.88 bits per heavy atom. The molecule has 0 bridgehead atoms. The van der Waals surface area contributed by atoms with Crippen LogP contribution in [0.2, 0.25) is 0 Å². The molecular formula is C14H19NO2. The highest BCUT2D eigenvalue weighted by Crippen LogP contribution is 2.30. The third-order valence-electron chi connectivity index (χ3n) is 3.86. The molecule has 1 aromatic rings. The van der Waals surface area contributed by atoms with Crippen molar-refractivity contribution in [2.75, 3.05) is 13.2 Å². The number of hydrogen-bond donors (Lipinski definition) is 1. The minimum absolute atomic E-state index is 0.179. The maximum Gasteiger partial charge on any atom is 0.0756 e. The summed E-state index contributed by atoms with van der Waals surface area (Å²) >= 11 is 0. The predicted octanol–water partition coefficient (Wildman–Crippen LogP) is 1.41. The highest BCUT2D eigenvalue weighted by atomic mass is 16.5. The van der Waals surface area contributed by atoms with E-state index in [9.17, 15) is 5.11 Å². The summed E-state index contributed by atoms with van der Waals surface area (Å²) in [6.45, 7) is 2.74. The fourth-order valence-corrected chi connectivity index (χ4v) is 3.02. The number of aliphatic hydroxyl groups is 1. The van der Waals surface area contributed by atoms with Crippen LogP contribution in [0.1, 0.15) is 18.4 Å². The van der Waals surface area contributed by atoms with Crippen molar-refractivity contribution in [1.29, 1.82) is 0 Å². The van der Waals surface area contributed by atoms with E-state index in [0.717, 1.165) is 32.5 Å². The van der Waals surface area contributed by atoms with Crippen LogP contribution in [0.25, 0.3) is 0 Å². The lowest BCUT2D eigenvalue weighted by Gasteiger charge is -2.37. The third-order valence-corrected chi connectivity index (χ3v) is 3.86. The van der Waals surface area contributed by atoms with Crippen molar-refractivity contribution in [1.82, 2.24) is 4.90 Å². The molecule has 17 heavy (non-hydrogen) atoms. The van der Waals surface area contributed by atoms with Crippen molar-refractivity contribution in [2.45, 2.75) is 37.6 Å². The van der Waals surface area contributed by atoms with E-state index >= 15 is 0 Å². The van der Waals surface area contributed by atoms with Gasteiger partial charge in [-0.1, -0.05) is 30.3 Å². The van der Waals surface area contributed by atoms with Gasteiger partial charge in [-0.3, -0.25) is 4.90 Å². The lowest BCUT2D eigenvalue weighted by atomic mass is 10.1. The molecular weight excluding hydrogens is 214 g/mol. The van der Waals surface area contributed by atoms with Crippen molar-refractivity contribution in [3.63, 3.8) is 0 Å². The Hall–Kier alpha value is -0.900. The van der Waals surface area contributed by atoms with Crippen molar-refractivity contribution >= 4 is 0 Å². The Labute approximate surface area is 102 Å². The molecule has 92 valence electrons. The van der Waals surface area contributed by atoms with Gasteiger partial charge in [0.15, 0.2) is 0 Å². The van der Waals surface area contributed by atoms with Crippen LogP contribution in [-0.2, 0) is 11.3 Å². The molecule has 2 aliphatic rings. The lowest BCUT2D eigenvalue weighted by Crippen LogP contribution is -2.47. The van der Waals surface area contributed by atoms with Gasteiger partial charge in [0, 0.05) is 25.6 Å². The Morgan fingerprint density at radius 1 is 1.24 bits per heavy atom. The topological polar surface area (TPSA) is 32.7 Å². The van der Waals surface area contributed by atoms with E-state index in [1.165, 1.54) is 5.56 Å². The summed E-state index contributed by atoms with van der Waals surface area (Å²) in [6.07, 6.45) is 1.72. The fraction of sp³-hybridized carbons (Fsp3) is 0.571. The molecule has 3 rings (SSSR count). The van der Waals surface area contributed by atoms with E-state index in [1.807, 2.05) is 6.07 Å². The second kappa shape index (κ2) is 4.77. The molecule has 3 nitrogen and oxygen atoms in total. The number of aliphatic hydroxyl groups excluding tert-OH is 1. The normalized spacial score (nSPS) is 33.6. The van der Waals surface area contributed by atoms with Crippen LogP contribution >= 0.6 is 0 Å². The summed E-state index contributed by atoms with van der Waals surface area (Å²) in [5, 5.41) is 9.74. The number of fused-ring (bicyclic) bond motifs is 1. The van der Waals surface area contributed by atoms with Gasteiger partial charge in [0.25, 0.3) is 0 Å². The fourth-order valence-electron chi connectivity index (χ4n) is 3.02. The monoisotopic (exact) mass is 233 g/mol. The molecule has 1 saturated carbocycles. The molecule has 1 N–H and O–H groups in total. The molecule has 2 fully saturated rings. The van der Waals surface area contributed by atoms with E-state index in [2.05, 4.69) is 29.2 Å². The highest BCUT2D eigenvalue weighted by Gasteiger charge is 2.40. The van der Waals surface area contributed by atoms with Gasteiger partial charge in [-0.2, -0.15) is 0 Å². The van der Waals surface area contributed by atoms with Crippen LogP contribution < -0.4 is 0 Å². The maximum atomic E-state index is 9.74. The van der Waals surface area contributed by atoms with Gasteiger partial charge in [0.2, 0.25) is 0 Å². The Morgan fingerprint density at radius 2 is 2.06 bits per heavy atom. The standard InChI is InChI=1S/C14H19NO2/c16-12-8-13-14(9-12)17-7-6-15(13)10-11-4-2-1-3-5-11/h1-5,12-14,16H,6-10H2. The average molecular weight is 233 g/mol. The Bertz CT molecular complexity index is 368. The Balaban J connectivity index is 1.70. The molecule has 1 heterocycles. The molecule has 3 heteroatoms. The second-order valence-electron chi connectivity index (χ2n) is 5.06. The van der Waals surface area contributed by atoms with E-state index in [4.69, 9.17) is 4.74 Å². The van der Waals surface area contributed by atoms with Crippen LogP contribution in [0, 0.1) is 0 Å². The van der Waals surface area contributed by atoms with Gasteiger partial charge < -0.3 is 9.84 Å². The minimum Gasteiger partial charge on any atom is -0.393 e. The molecule has 0 aromatic heterocycles. The minimum atomic E-state index is -0.179. The van der Waals surface area contributed by atoms with Crippen molar-refractivity contribution < 1.29 is 9.84 Å². The number of benzene rings is 1. The quantitative estimate of drug-likeness (QED) is 0.838. The van der Waals surface area contributed by atoms with Gasteiger partial charge in [0.1, 0.15) is 0 Å². The van der Waals surface area contributed by atoms with Gasteiger partial charge in [-0.05, 0) is 12.0 Å². The second-order valence-corrected chi connectivity index (χ2v) is 5.06. The summed E-state index contributed by atoms with van der Waals surface area (Å²) in [5.74, 6) is 0. The van der Waals surface area contributed by atoms with E-state index in [1.54, 1.807) is 0 Å². The summed E-state index contributed by atoms with van der Waals surface area (Å²) in [4.78, 5) is 2.46. The largest absolute Gasteiger partial charge is 0.393 e. The van der Waals surface area contributed by atoms with Gasteiger partial charge >= 0.3 is 0 Å². The molecule has 1 aromatic carbocycles. The first-order chi connectivity index (χ1) is 8.33. The van der Waals surface area contributed by atoms with Gasteiger partial charge in [-0.15, -0.1) is 0 Å². The molecule has 3 atom stereocenters. The predicted molar refractivity (Wildman–Crippen MR) is 65.6 cm³/mol. The molecule has 0 spiro atoms. The van der Waals surface area contributed by atoms with Crippen LogP contribution in [0.4, 0.5) is 0 Å². The highest BCUT2D eigenvalue weighted by molar-refractivity contribution is 5.15. The molecule has 0 amide bonds. The Kier molecular flexibility index (Phi) is 3.14. The number of ether oxygens (including phenoxy) is 1. The number of nitrogens with zero attached hydrogens (tertiary/aromatic N) is 1. The average Bonchev–Trinajstić information content (AvgIpc) is 2.72. The molecule has 3 unspecified atom stereocenters. The van der Waals surface area contributed by atoms with E-state index in [-0.39, 0.29) is 12.2 Å². The van der Waals surface area contributed by atoms with E-state index < -0.39 is 0 Å². The molecule has 1 aliphatic carbocycles. The van der Waals surface area contributed by atoms with E-state index in [0.29, 0.717) is 6.04 Å². The van der Waals surface area contributed by atoms with Gasteiger partial charge in [0.05, 0.1) is 18.8 Å². The SMILES string of the molecule is OC1CC2OCCN(Cc3ccccc3)C2C1. The smallest absolute Gasteiger partial charge is 0.0756 e. The van der Waals surface area contributed by atoms with Crippen LogP contribution in [0.3, 0.4) is 0 Å². The first kappa shape index (κ1) is 11.2. The maximum absolute atomic E-state index is 9.74. The number of hydrogen-bond acceptors (Lipinski definition) is 3. The number of morpholine rings is 1. The zero-order valence-electron chi connectivity index (χ0n) is 9.96. The van der Waals surface area contributed by atoms with Crippen LogP contribution in [-0.4, -0.2) is 41.4 Å². The molecule has 0 radical (unpaired) electrons. The van der Waals surface area contributed by atoms with Crippen molar-refractivity contribution in [3.8, 4) is 0 Å². The zero-order valence-corrected chi connectivity index (χ0v) is 9.96. The summed E-state index contributed by atoms with van der Waals surface area (Å²) < 4.78 is 5.74. The summed E-state index contributed by atoms with van der Waals surface area (Å²) in [5.41, 5.74) is 1.34. The van der Waals surface area contributed by atoms with Crippen LogP contribution in [0.5, 0.6) is 0 Å². The summed E-state index contributed by atoms with van der Waals surface area (Å²) in [7, 11) is 0. The first-order valence-corrected chi connectivity index (χ1v) is 6.40.